The minimum Gasteiger partial charge on any atom is -0.493 e. The van der Waals surface area contributed by atoms with Crippen LogP contribution in [-0.4, -0.2) is 31.6 Å². The number of methoxy groups -OCH3 is 2. The van der Waals surface area contributed by atoms with Crippen molar-refractivity contribution in [3.8, 4) is 11.5 Å². The summed E-state index contributed by atoms with van der Waals surface area (Å²) in [6.07, 6.45) is 5.44. The number of fused-ring (bicyclic) bond motifs is 1. The fourth-order valence-electron chi connectivity index (χ4n) is 3.74. The number of hydrogen-bond acceptors (Lipinski definition) is 6. The van der Waals surface area contributed by atoms with E-state index in [-0.39, 0.29) is 24.5 Å². The first-order chi connectivity index (χ1) is 16.6. The van der Waals surface area contributed by atoms with Crippen molar-refractivity contribution in [2.45, 2.75) is 51.9 Å². The molecule has 180 valence electrons. The van der Waals surface area contributed by atoms with Gasteiger partial charge in [-0.15, -0.1) is 11.3 Å². The van der Waals surface area contributed by atoms with Crippen LogP contribution in [0, 0.1) is 0 Å². The molecule has 0 bridgehead atoms. The number of nitrogens with zero attached hydrogens (tertiary/aromatic N) is 1. The number of ketones is 1. The normalized spacial score (nSPS) is 11.4. The summed E-state index contributed by atoms with van der Waals surface area (Å²) in [6.45, 7) is 2.19. The number of thiophene rings is 1. The largest absolute Gasteiger partial charge is 0.493 e. The molecule has 2 aromatic carbocycles. The summed E-state index contributed by atoms with van der Waals surface area (Å²) in [7, 11) is 3.06. The lowest BCUT2D eigenvalue weighted by molar-refractivity contribution is -0.121. The Hall–Kier alpha value is -3.19. The van der Waals surface area contributed by atoms with Gasteiger partial charge in [-0.1, -0.05) is 44.4 Å². The van der Waals surface area contributed by atoms with Crippen LogP contribution >= 0.6 is 11.3 Å². The van der Waals surface area contributed by atoms with Gasteiger partial charge in [-0.05, 0) is 37.1 Å². The number of hydrazone groups is 1. The van der Waals surface area contributed by atoms with E-state index >= 15 is 0 Å². The number of unbranched alkanes of at least 4 members (excludes halogenated alkanes) is 3. The molecule has 0 unspecified atom stereocenters. The third-order valence-corrected chi connectivity index (χ3v) is 6.62. The van der Waals surface area contributed by atoms with Crippen LogP contribution in [0.3, 0.4) is 0 Å². The molecule has 0 spiro atoms. The molecule has 6 nitrogen and oxygen atoms in total. The Bertz CT molecular complexity index is 1150. The van der Waals surface area contributed by atoms with Gasteiger partial charge in [0.1, 0.15) is 0 Å². The predicted molar refractivity (Wildman–Crippen MR) is 138 cm³/mol. The number of hydrogen-bond donors (Lipinski definition) is 1. The zero-order chi connectivity index (χ0) is 24.3. The van der Waals surface area contributed by atoms with Crippen molar-refractivity contribution >= 4 is 38.8 Å². The van der Waals surface area contributed by atoms with Gasteiger partial charge in [0.05, 0.1) is 19.9 Å². The van der Waals surface area contributed by atoms with Gasteiger partial charge in [0.2, 0.25) is 5.91 Å². The number of carbonyl (C=O) groups is 2. The number of Topliss-reactive ketones (excluding diaryl/α,β-unsaturated/α-hetero) is 1. The summed E-state index contributed by atoms with van der Waals surface area (Å²) in [5.41, 5.74) is 5.11. The number of amides is 1. The number of benzene rings is 2. The summed E-state index contributed by atoms with van der Waals surface area (Å²) < 4.78 is 11.7. The lowest BCUT2D eigenvalue weighted by Crippen LogP contribution is -2.21. The van der Waals surface area contributed by atoms with E-state index in [9.17, 15) is 9.59 Å². The molecule has 34 heavy (non-hydrogen) atoms. The number of nitrogens with one attached hydrogen (secondary N) is 1. The van der Waals surface area contributed by atoms with Gasteiger partial charge in [-0.3, -0.25) is 9.59 Å². The van der Waals surface area contributed by atoms with Crippen LogP contribution in [0.5, 0.6) is 11.5 Å². The third-order valence-electron chi connectivity index (χ3n) is 5.66. The van der Waals surface area contributed by atoms with Crippen molar-refractivity contribution in [1.29, 1.82) is 0 Å². The average Bonchev–Trinajstić information content (AvgIpc) is 3.30. The van der Waals surface area contributed by atoms with Gasteiger partial charge >= 0.3 is 0 Å². The number of ether oxygens (including phenoxy) is 2. The van der Waals surface area contributed by atoms with E-state index in [1.54, 1.807) is 36.6 Å². The molecular weight excluding hydrogens is 448 g/mol. The molecule has 0 radical (unpaired) electrons. The van der Waals surface area contributed by atoms with Gasteiger partial charge in [0, 0.05) is 39.4 Å². The Morgan fingerprint density at radius 3 is 2.50 bits per heavy atom. The maximum atomic E-state index is 12.6. The van der Waals surface area contributed by atoms with Crippen LogP contribution in [0.25, 0.3) is 10.1 Å². The van der Waals surface area contributed by atoms with Crippen LogP contribution < -0.4 is 14.9 Å². The topological polar surface area (TPSA) is 77.0 Å². The molecule has 0 aliphatic carbocycles. The van der Waals surface area contributed by atoms with E-state index in [1.165, 1.54) is 24.7 Å². The Morgan fingerprint density at radius 1 is 0.941 bits per heavy atom. The zero-order valence-electron chi connectivity index (χ0n) is 20.1. The highest BCUT2D eigenvalue weighted by Crippen LogP contribution is 2.29. The first-order valence-corrected chi connectivity index (χ1v) is 12.5. The molecule has 1 N–H and O–H groups in total. The van der Waals surface area contributed by atoms with Crippen LogP contribution in [0.1, 0.15) is 67.8 Å². The lowest BCUT2D eigenvalue weighted by Gasteiger charge is -2.09. The van der Waals surface area contributed by atoms with Crippen molar-refractivity contribution < 1.29 is 19.1 Å². The second kappa shape index (κ2) is 12.9. The zero-order valence-corrected chi connectivity index (χ0v) is 20.9. The Morgan fingerprint density at radius 2 is 1.74 bits per heavy atom. The minimum atomic E-state index is -0.278. The first kappa shape index (κ1) is 25.4. The SMILES string of the molecule is CCCCCC/C(=N/NC(=O)CCC(=O)c1ccc(OC)c(OC)c1)c1csc2ccccc12. The second-order valence-electron chi connectivity index (χ2n) is 8.04. The van der Waals surface area contributed by atoms with E-state index in [4.69, 9.17) is 9.47 Å². The molecule has 0 fully saturated rings. The number of carbonyl (C=O) groups excluding carboxylic acids is 2. The van der Waals surface area contributed by atoms with Crippen LogP contribution in [0.2, 0.25) is 0 Å². The Labute approximate surface area is 205 Å². The Kier molecular flexibility index (Phi) is 9.64. The molecule has 0 saturated carbocycles. The molecule has 0 aliphatic heterocycles. The monoisotopic (exact) mass is 480 g/mol. The molecular formula is C27H32N2O4S. The van der Waals surface area contributed by atoms with Crippen molar-refractivity contribution in [1.82, 2.24) is 5.43 Å². The molecule has 3 rings (SSSR count). The van der Waals surface area contributed by atoms with Crippen molar-refractivity contribution in [3.63, 3.8) is 0 Å². The van der Waals surface area contributed by atoms with Crippen LogP contribution in [-0.2, 0) is 4.79 Å². The molecule has 7 heteroatoms. The van der Waals surface area contributed by atoms with E-state index in [1.807, 2.05) is 12.1 Å². The average molecular weight is 481 g/mol. The summed E-state index contributed by atoms with van der Waals surface area (Å²) in [4.78, 5) is 25.1. The van der Waals surface area contributed by atoms with Gasteiger partial charge in [-0.2, -0.15) is 5.10 Å². The summed E-state index contributed by atoms with van der Waals surface area (Å²) in [5, 5.41) is 7.75. The van der Waals surface area contributed by atoms with E-state index in [2.05, 4.69) is 35.0 Å². The first-order valence-electron chi connectivity index (χ1n) is 11.6. The molecule has 1 amide bonds. The van der Waals surface area contributed by atoms with Crippen LogP contribution in [0.4, 0.5) is 0 Å². The highest BCUT2D eigenvalue weighted by molar-refractivity contribution is 7.17. The minimum absolute atomic E-state index is 0.0597. The van der Waals surface area contributed by atoms with Gasteiger partial charge in [0.15, 0.2) is 17.3 Å². The summed E-state index contributed by atoms with van der Waals surface area (Å²) in [5.74, 6) is 0.625. The summed E-state index contributed by atoms with van der Waals surface area (Å²) >= 11 is 1.68. The highest BCUT2D eigenvalue weighted by atomic mass is 32.1. The molecule has 1 aromatic heterocycles. The van der Waals surface area contributed by atoms with Crippen molar-refractivity contribution in [3.05, 3.63) is 59.0 Å². The van der Waals surface area contributed by atoms with Crippen LogP contribution in [0.15, 0.2) is 52.9 Å². The second-order valence-corrected chi connectivity index (χ2v) is 8.95. The van der Waals surface area contributed by atoms with E-state index in [0.717, 1.165) is 35.9 Å². The number of rotatable bonds is 13. The van der Waals surface area contributed by atoms with Crippen molar-refractivity contribution in [2.24, 2.45) is 5.10 Å². The van der Waals surface area contributed by atoms with Crippen molar-refractivity contribution in [2.75, 3.05) is 14.2 Å². The molecule has 0 aliphatic rings. The third kappa shape index (κ3) is 6.67. The smallest absolute Gasteiger partial charge is 0.240 e. The van der Waals surface area contributed by atoms with Gasteiger partial charge < -0.3 is 9.47 Å². The fraction of sp³-hybridized carbons (Fsp3) is 0.370. The van der Waals surface area contributed by atoms with Gasteiger partial charge in [-0.25, -0.2) is 5.43 Å². The molecule has 3 aromatic rings. The standard InChI is InChI=1S/C27H32N2O4S/c1-4-5-6-7-11-22(21-18-34-26-12-9-8-10-20(21)26)28-29-27(31)16-14-23(30)19-13-15-24(32-2)25(17-19)33-3/h8-10,12-13,15,17-18H,4-7,11,14,16H2,1-3H3,(H,29,31)/b28-22-. The molecule has 0 atom stereocenters. The molecule has 0 saturated heterocycles. The quantitative estimate of drug-likeness (QED) is 0.133. The maximum Gasteiger partial charge on any atom is 0.240 e. The van der Waals surface area contributed by atoms with E-state index in [0.29, 0.717) is 17.1 Å². The lowest BCUT2D eigenvalue weighted by atomic mass is 10.0. The molecule has 1 heterocycles. The highest BCUT2D eigenvalue weighted by Gasteiger charge is 2.14. The predicted octanol–water partition coefficient (Wildman–Crippen LogP) is 6.37. The summed E-state index contributed by atoms with van der Waals surface area (Å²) in [6, 6.07) is 13.2. The maximum absolute atomic E-state index is 12.6. The Balaban J connectivity index is 1.65. The van der Waals surface area contributed by atoms with Gasteiger partial charge in [0.25, 0.3) is 0 Å². The fourth-order valence-corrected chi connectivity index (χ4v) is 4.71. The van der Waals surface area contributed by atoms with E-state index < -0.39 is 0 Å².